The van der Waals surface area contributed by atoms with Crippen LogP contribution in [0, 0.1) is 5.92 Å². The second kappa shape index (κ2) is 8.48. The molecule has 0 bridgehead atoms. The van der Waals surface area contributed by atoms with Gasteiger partial charge in [-0.2, -0.15) is 0 Å². The zero-order chi connectivity index (χ0) is 17.7. The van der Waals surface area contributed by atoms with Gasteiger partial charge in [0.25, 0.3) is 0 Å². The summed E-state index contributed by atoms with van der Waals surface area (Å²) in [6.45, 7) is 5.39. The molecule has 1 aromatic rings. The lowest BCUT2D eigenvalue weighted by molar-refractivity contribution is -0.127. The van der Waals surface area contributed by atoms with Gasteiger partial charge in [-0.3, -0.25) is 9.59 Å². The first kappa shape index (κ1) is 18.7. The number of nitrogens with two attached hydrogens (primary N) is 1. The number of rotatable bonds is 6. The Morgan fingerprint density at radius 3 is 2.62 bits per heavy atom. The third-order valence-corrected chi connectivity index (χ3v) is 4.72. The molecule has 0 aromatic heterocycles. The van der Waals surface area contributed by atoms with Crippen molar-refractivity contribution in [2.45, 2.75) is 32.4 Å². The summed E-state index contributed by atoms with van der Waals surface area (Å²) in [5.41, 5.74) is 6.89. The first-order valence-electron chi connectivity index (χ1n) is 8.20. The molecule has 0 saturated carbocycles. The third kappa shape index (κ3) is 5.21. The molecule has 0 aliphatic carbocycles. The molecule has 2 amide bonds. The van der Waals surface area contributed by atoms with E-state index in [0.717, 1.165) is 29.7 Å². The Morgan fingerprint density at radius 2 is 2.00 bits per heavy atom. The molecule has 7 heteroatoms. The summed E-state index contributed by atoms with van der Waals surface area (Å²) in [5.74, 6) is -0.424. The van der Waals surface area contributed by atoms with Crippen LogP contribution < -0.4 is 21.3 Å². The van der Waals surface area contributed by atoms with Gasteiger partial charge in [0.1, 0.15) is 0 Å². The molecule has 1 fully saturated rings. The highest BCUT2D eigenvalue weighted by Gasteiger charge is 2.24. The second-order valence-corrected chi connectivity index (χ2v) is 7.38. The predicted octanol–water partition coefficient (Wildman–Crippen LogP) is 1.24. The van der Waals surface area contributed by atoms with Crippen molar-refractivity contribution in [3.63, 3.8) is 0 Å². The molecule has 24 heavy (non-hydrogen) atoms. The van der Waals surface area contributed by atoms with Crippen LogP contribution in [0.3, 0.4) is 0 Å². The Kier molecular flexibility index (Phi) is 6.62. The van der Waals surface area contributed by atoms with Crippen LogP contribution in [0.15, 0.2) is 28.7 Å². The fourth-order valence-electron chi connectivity index (χ4n) is 2.63. The Balaban J connectivity index is 1.75. The molecule has 0 spiro atoms. The highest BCUT2D eigenvalue weighted by atomic mass is 79.9. The lowest BCUT2D eigenvalue weighted by Gasteiger charge is -2.19. The van der Waals surface area contributed by atoms with E-state index in [1.54, 1.807) is 0 Å². The van der Waals surface area contributed by atoms with E-state index < -0.39 is 6.04 Å². The highest BCUT2D eigenvalue weighted by Crippen LogP contribution is 2.22. The van der Waals surface area contributed by atoms with Gasteiger partial charge in [-0.05, 0) is 36.6 Å². The number of amides is 2. The summed E-state index contributed by atoms with van der Waals surface area (Å²) in [4.78, 5) is 26.0. The Labute approximate surface area is 151 Å². The number of nitrogens with one attached hydrogen (secondary N) is 2. The average molecular weight is 397 g/mol. The lowest BCUT2D eigenvalue weighted by Crippen LogP contribution is -2.48. The summed E-state index contributed by atoms with van der Waals surface area (Å²) in [5, 5.41) is 5.56. The molecule has 1 unspecified atom stereocenters. The molecule has 1 aliphatic rings. The van der Waals surface area contributed by atoms with Crippen LogP contribution in [-0.2, 0) is 9.59 Å². The normalized spacial score (nSPS) is 18.5. The molecule has 0 radical (unpaired) electrons. The van der Waals surface area contributed by atoms with Gasteiger partial charge in [0.15, 0.2) is 0 Å². The summed E-state index contributed by atoms with van der Waals surface area (Å²) < 4.78 is 1.05. The highest BCUT2D eigenvalue weighted by molar-refractivity contribution is 9.10. The van der Waals surface area contributed by atoms with Crippen molar-refractivity contribution < 1.29 is 9.59 Å². The van der Waals surface area contributed by atoms with Gasteiger partial charge in [0, 0.05) is 29.3 Å². The molecule has 2 rings (SSSR count). The molecular weight excluding hydrogens is 372 g/mol. The van der Waals surface area contributed by atoms with Crippen molar-refractivity contribution in [2.24, 2.45) is 11.7 Å². The van der Waals surface area contributed by atoms with Crippen LogP contribution in [0.4, 0.5) is 5.69 Å². The number of carbonyl (C=O) groups is 2. The van der Waals surface area contributed by atoms with E-state index in [0.29, 0.717) is 0 Å². The molecule has 1 heterocycles. The minimum Gasteiger partial charge on any atom is -0.369 e. The molecule has 132 valence electrons. The van der Waals surface area contributed by atoms with Crippen molar-refractivity contribution in [3.05, 3.63) is 28.7 Å². The van der Waals surface area contributed by atoms with E-state index in [4.69, 9.17) is 5.73 Å². The van der Waals surface area contributed by atoms with Crippen LogP contribution in [0.1, 0.15) is 20.3 Å². The molecular formula is C17H25BrN4O2. The summed E-state index contributed by atoms with van der Waals surface area (Å²) in [7, 11) is 0. The van der Waals surface area contributed by atoms with Crippen molar-refractivity contribution in [1.82, 2.24) is 10.6 Å². The molecule has 6 nitrogen and oxygen atoms in total. The smallest absolute Gasteiger partial charge is 0.239 e. The van der Waals surface area contributed by atoms with Gasteiger partial charge in [0.2, 0.25) is 11.8 Å². The first-order chi connectivity index (χ1) is 11.4. The van der Waals surface area contributed by atoms with Crippen LogP contribution >= 0.6 is 15.9 Å². The number of nitrogens with zero attached hydrogens (tertiary/aromatic N) is 1. The number of benzene rings is 1. The maximum absolute atomic E-state index is 12.0. The maximum Gasteiger partial charge on any atom is 0.239 e. The molecule has 1 aromatic carbocycles. The summed E-state index contributed by atoms with van der Waals surface area (Å²) in [6, 6.07) is 7.64. The van der Waals surface area contributed by atoms with E-state index in [2.05, 4.69) is 43.6 Å². The molecule has 4 N–H and O–H groups in total. The van der Waals surface area contributed by atoms with Crippen molar-refractivity contribution >= 4 is 33.4 Å². The van der Waals surface area contributed by atoms with Crippen LogP contribution in [0.25, 0.3) is 0 Å². The van der Waals surface area contributed by atoms with Gasteiger partial charge in [-0.25, -0.2) is 0 Å². The number of hydrogen-bond donors (Lipinski definition) is 3. The van der Waals surface area contributed by atoms with E-state index >= 15 is 0 Å². The second-order valence-electron chi connectivity index (χ2n) is 6.46. The Morgan fingerprint density at radius 1 is 1.33 bits per heavy atom. The van der Waals surface area contributed by atoms with Gasteiger partial charge >= 0.3 is 0 Å². The third-order valence-electron chi connectivity index (χ3n) is 4.19. The van der Waals surface area contributed by atoms with Crippen LogP contribution in [0.5, 0.6) is 0 Å². The van der Waals surface area contributed by atoms with E-state index in [9.17, 15) is 9.59 Å². The zero-order valence-corrected chi connectivity index (χ0v) is 15.7. The van der Waals surface area contributed by atoms with Gasteiger partial charge in [-0.15, -0.1) is 0 Å². The van der Waals surface area contributed by atoms with Crippen LogP contribution in [0.2, 0.25) is 0 Å². The fourth-order valence-corrected chi connectivity index (χ4v) is 2.90. The summed E-state index contributed by atoms with van der Waals surface area (Å²) in [6.07, 6.45) is 0.890. The largest absolute Gasteiger partial charge is 0.369 e. The molecule has 2 atom stereocenters. The lowest BCUT2D eigenvalue weighted by atomic mass is 10.1. The topological polar surface area (TPSA) is 87.5 Å². The van der Waals surface area contributed by atoms with Gasteiger partial charge < -0.3 is 21.3 Å². The van der Waals surface area contributed by atoms with Gasteiger partial charge in [0.05, 0.1) is 12.6 Å². The number of hydrogen-bond acceptors (Lipinski definition) is 4. The SMILES string of the molecule is CC(C)[C@H](N)C(=O)NCC(=O)NC1CCN(c2ccc(Br)cc2)C1. The standard InChI is InChI=1S/C17H25BrN4O2/c1-11(2)16(19)17(24)20-9-15(23)21-13-7-8-22(10-13)14-5-3-12(18)4-6-14/h3-6,11,13,16H,7-10,19H2,1-2H3,(H,20,24)(H,21,23)/t13?,16-/m0/s1. The van der Waals surface area contributed by atoms with E-state index in [1.165, 1.54) is 0 Å². The van der Waals surface area contributed by atoms with Crippen LogP contribution in [-0.4, -0.2) is 43.5 Å². The van der Waals surface area contributed by atoms with E-state index in [-0.39, 0.29) is 30.3 Å². The fraction of sp³-hybridized carbons (Fsp3) is 0.529. The molecule has 1 saturated heterocycles. The monoisotopic (exact) mass is 396 g/mol. The Hall–Kier alpha value is -1.60. The number of carbonyl (C=O) groups excluding carboxylic acids is 2. The number of anilines is 1. The quantitative estimate of drug-likeness (QED) is 0.674. The van der Waals surface area contributed by atoms with Gasteiger partial charge in [-0.1, -0.05) is 29.8 Å². The van der Waals surface area contributed by atoms with Crippen molar-refractivity contribution in [1.29, 1.82) is 0 Å². The minimum absolute atomic E-state index is 0.0337. The predicted molar refractivity (Wildman–Crippen MR) is 98.7 cm³/mol. The summed E-state index contributed by atoms with van der Waals surface area (Å²) >= 11 is 3.43. The maximum atomic E-state index is 12.0. The minimum atomic E-state index is -0.586. The molecule has 1 aliphatic heterocycles. The van der Waals surface area contributed by atoms with Crippen molar-refractivity contribution in [2.75, 3.05) is 24.5 Å². The number of halogens is 1. The average Bonchev–Trinajstić information content (AvgIpc) is 3.00. The Bertz CT molecular complexity index is 576. The van der Waals surface area contributed by atoms with Crippen molar-refractivity contribution in [3.8, 4) is 0 Å². The van der Waals surface area contributed by atoms with E-state index in [1.807, 2.05) is 26.0 Å². The zero-order valence-electron chi connectivity index (χ0n) is 14.1. The first-order valence-corrected chi connectivity index (χ1v) is 8.99.